The molecule has 72 heavy (non-hydrogen) atoms. The van der Waals surface area contributed by atoms with Crippen LogP contribution >= 0.6 is 7.82 Å². The number of hydrogen-bond acceptors (Lipinski definition) is 7. The second kappa shape index (κ2) is 52.7. The van der Waals surface area contributed by atoms with Crippen molar-refractivity contribution in [2.24, 2.45) is 0 Å². The maximum Gasteiger partial charge on any atom is 0.306 e. The number of nitrogens with zero attached hydrogens (tertiary/aromatic N) is 1. The van der Waals surface area contributed by atoms with E-state index in [2.05, 4.69) is 50.4 Å². The molecule has 9 nitrogen and oxygen atoms in total. The van der Waals surface area contributed by atoms with Gasteiger partial charge < -0.3 is 28.5 Å². The molecule has 0 saturated heterocycles. The Morgan fingerprint density at radius 2 is 0.806 bits per heavy atom. The van der Waals surface area contributed by atoms with Crippen LogP contribution in [0.3, 0.4) is 0 Å². The van der Waals surface area contributed by atoms with E-state index in [4.69, 9.17) is 13.8 Å². The van der Waals surface area contributed by atoms with Crippen molar-refractivity contribution in [2.75, 3.05) is 40.9 Å². The van der Waals surface area contributed by atoms with Gasteiger partial charge in [-0.15, -0.1) is 0 Å². The van der Waals surface area contributed by atoms with E-state index in [1.54, 1.807) is 0 Å². The summed E-state index contributed by atoms with van der Waals surface area (Å²) in [4.78, 5) is 39.9. The van der Waals surface area contributed by atoms with E-state index < -0.39 is 26.6 Å². The van der Waals surface area contributed by atoms with Crippen LogP contribution in [0.2, 0.25) is 0 Å². The zero-order valence-electron chi connectivity index (χ0n) is 48.4. The molecule has 0 aliphatic carbocycles. The molecular formula is C62H119N2O7P. The highest BCUT2D eigenvalue weighted by molar-refractivity contribution is 7.45. The zero-order valence-corrected chi connectivity index (χ0v) is 49.3. The molecule has 0 aromatic rings. The fourth-order valence-electron chi connectivity index (χ4n) is 8.98. The van der Waals surface area contributed by atoms with Gasteiger partial charge in [0.2, 0.25) is 5.91 Å². The van der Waals surface area contributed by atoms with E-state index in [-0.39, 0.29) is 24.9 Å². The normalized spacial score (nSPS) is 13.9. The van der Waals surface area contributed by atoms with Gasteiger partial charge in [-0.05, 0) is 83.1 Å². The number of phosphoric ester groups is 1. The molecule has 0 fully saturated rings. The van der Waals surface area contributed by atoms with Gasteiger partial charge in [0.15, 0.2) is 0 Å². The number of amides is 1. The zero-order chi connectivity index (χ0) is 52.9. The number of phosphoric acid groups is 1. The number of rotatable bonds is 56. The SMILES string of the molecule is CCCCCCCC/C=C/CCCCCCCCCCCC(=O)OC(/C=C/CCCCCCCCCCCCC)C(COP(=O)([O-])OCC[N+](C)(C)C)NC(=O)CCCCC/C=C\CCCCCCCCC. The number of carbonyl (C=O) groups excluding carboxylic acids is 2. The minimum absolute atomic E-state index is 0.0237. The maximum absolute atomic E-state index is 13.5. The van der Waals surface area contributed by atoms with E-state index in [1.165, 1.54) is 193 Å². The van der Waals surface area contributed by atoms with Crippen molar-refractivity contribution in [2.45, 2.75) is 309 Å². The summed E-state index contributed by atoms with van der Waals surface area (Å²) in [5.74, 6) is -0.552. The first-order chi connectivity index (χ1) is 34.9. The molecule has 0 rings (SSSR count). The van der Waals surface area contributed by atoms with Gasteiger partial charge in [-0.1, -0.05) is 237 Å². The lowest BCUT2D eigenvalue weighted by molar-refractivity contribution is -0.870. The Morgan fingerprint density at radius 3 is 1.19 bits per heavy atom. The van der Waals surface area contributed by atoms with E-state index in [9.17, 15) is 19.0 Å². The Kier molecular flexibility index (Phi) is 51.4. The summed E-state index contributed by atoms with van der Waals surface area (Å²) in [6.45, 7) is 6.85. The highest BCUT2D eigenvalue weighted by Gasteiger charge is 2.27. The topological polar surface area (TPSA) is 114 Å². The minimum atomic E-state index is -4.70. The number of ether oxygens (including phenoxy) is 1. The van der Waals surface area contributed by atoms with Gasteiger partial charge in [0.25, 0.3) is 7.82 Å². The van der Waals surface area contributed by atoms with Crippen molar-refractivity contribution >= 4 is 19.7 Å². The second-order valence-electron chi connectivity index (χ2n) is 22.2. The van der Waals surface area contributed by atoms with Gasteiger partial charge in [0.1, 0.15) is 19.3 Å². The molecule has 0 aromatic carbocycles. The highest BCUT2D eigenvalue weighted by atomic mass is 31.2. The van der Waals surface area contributed by atoms with Crippen LogP contribution in [0.25, 0.3) is 0 Å². The average Bonchev–Trinajstić information content (AvgIpc) is 3.34. The molecule has 0 saturated carbocycles. The Labute approximate surface area is 446 Å². The standard InChI is InChI=1S/C62H119N2O7P/c1-7-10-13-16-19-22-25-28-30-31-32-33-34-37-40-43-46-49-52-55-62(66)71-60(53-50-47-44-41-38-35-27-24-21-18-15-12-9-3)59(58-70-72(67,68)69-57-56-64(4,5)6)63-61(65)54-51-48-45-42-39-36-29-26-23-20-17-14-11-8-2/h28,30,36,39,50,53,59-60H,7-27,29,31-35,37-38,40-49,51-52,54-58H2,1-6H3,(H-,63,65,67,68)/b30-28+,39-36-,53-50+. The van der Waals surface area contributed by atoms with Crippen LogP contribution in [0.4, 0.5) is 0 Å². The second-order valence-corrected chi connectivity index (χ2v) is 23.6. The van der Waals surface area contributed by atoms with Gasteiger partial charge in [-0.3, -0.25) is 14.2 Å². The number of hydrogen-bond donors (Lipinski definition) is 1. The molecule has 424 valence electrons. The average molecular weight is 1040 g/mol. The summed E-state index contributed by atoms with van der Waals surface area (Å²) in [5, 5.41) is 3.02. The third kappa shape index (κ3) is 53.1. The first-order valence-corrected chi connectivity index (χ1v) is 32.3. The molecule has 0 aliphatic rings. The number of nitrogens with one attached hydrogen (secondary N) is 1. The number of quaternary nitrogens is 1. The molecular weight excluding hydrogens is 916 g/mol. The Hall–Kier alpha value is -1.77. The molecule has 3 unspecified atom stereocenters. The molecule has 1 N–H and O–H groups in total. The number of unbranched alkanes of at least 4 members (excludes halogenated alkanes) is 36. The van der Waals surface area contributed by atoms with Gasteiger partial charge in [-0.2, -0.15) is 0 Å². The molecule has 0 bridgehead atoms. The monoisotopic (exact) mass is 1030 g/mol. The first-order valence-electron chi connectivity index (χ1n) is 30.8. The van der Waals surface area contributed by atoms with E-state index in [0.717, 1.165) is 70.6 Å². The highest BCUT2D eigenvalue weighted by Crippen LogP contribution is 2.38. The Bertz CT molecular complexity index is 1330. The number of esters is 1. The summed E-state index contributed by atoms with van der Waals surface area (Å²) < 4.78 is 30.3. The molecule has 0 heterocycles. The molecule has 0 radical (unpaired) electrons. The third-order valence-corrected chi connectivity index (χ3v) is 14.8. The van der Waals surface area contributed by atoms with Crippen LogP contribution in [0, 0.1) is 0 Å². The van der Waals surface area contributed by atoms with Crippen molar-refractivity contribution in [1.29, 1.82) is 0 Å². The number of likely N-dealkylation sites (N-methyl/N-ethyl adjacent to an activating group) is 1. The number of allylic oxidation sites excluding steroid dienone is 5. The van der Waals surface area contributed by atoms with Crippen molar-refractivity contribution in [1.82, 2.24) is 5.32 Å². The number of carbonyl (C=O) groups is 2. The quantitative estimate of drug-likeness (QED) is 0.0212. The maximum atomic E-state index is 13.5. The fourth-order valence-corrected chi connectivity index (χ4v) is 9.71. The summed E-state index contributed by atoms with van der Waals surface area (Å²) >= 11 is 0. The van der Waals surface area contributed by atoms with Crippen LogP contribution in [0.1, 0.15) is 297 Å². The third-order valence-electron chi connectivity index (χ3n) is 13.8. The predicted molar refractivity (Wildman–Crippen MR) is 307 cm³/mol. The fraction of sp³-hybridized carbons (Fsp3) is 0.871. The molecule has 1 amide bonds. The Balaban J connectivity index is 5.29. The molecule has 0 spiro atoms. The summed E-state index contributed by atoms with van der Waals surface area (Å²) in [7, 11) is 1.18. The van der Waals surface area contributed by atoms with Crippen LogP contribution in [-0.2, 0) is 27.9 Å². The summed E-state index contributed by atoms with van der Waals surface area (Å²) in [6.07, 6.45) is 62.5. The molecule has 10 heteroatoms. The summed E-state index contributed by atoms with van der Waals surface area (Å²) in [5.41, 5.74) is 0. The van der Waals surface area contributed by atoms with Crippen molar-refractivity contribution in [3.05, 3.63) is 36.5 Å². The lowest BCUT2D eigenvalue weighted by Gasteiger charge is -2.30. The van der Waals surface area contributed by atoms with E-state index in [1.807, 2.05) is 33.3 Å². The van der Waals surface area contributed by atoms with Crippen molar-refractivity contribution < 1.29 is 37.3 Å². The van der Waals surface area contributed by atoms with Crippen LogP contribution in [-0.4, -0.2) is 69.4 Å². The molecule has 0 aliphatic heterocycles. The van der Waals surface area contributed by atoms with Gasteiger partial charge in [0.05, 0.1) is 33.8 Å². The van der Waals surface area contributed by atoms with Gasteiger partial charge in [0, 0.05) is 12.8 Å². The molecule has 3 atom stereocenters. The van der Waals surface area contributed by atoms with Crippen molar-refractivity contribution in [3.63, 3.8) is 0 Å². The molecule has 0 aromatic heterocycles. The first kappa shape index (κ1) is 70.2. The van der Waals surface area contributed by atoms with Crippen LogP contribution < -0.4 is 10.2 Å². The van der Waals surface area contributed by atoms with Crippen LogP contribution in [0.5, 0.6) is 0 Å². The van der Waals surface area contributed by atoms with Crippen molar-refractivity contribution in [3.8, 4) is 0 Å². The van der Waals surface area contributed by atoms with E-state index >= 15 is 0 Å². The smallest absolute Gasteiger partial charge is 0.306 e. The van der Waals surface area contributed by atoms with Crippen LogP contribution in [0.15, 0.2) is 36.5 Å². The van der Waals surface area contributed by atoms with E-state index in [0.29, 0.717) is 17.4 Å². The largest absolute Gasteiger partial charge is 0.756 e. The Morgan fingerprint density at radius 1 is 0.472 bits per heavy atom. The van der Waals surface area contributed by atoms with Gasteiger partial charge >= 0.3 is 5.97 Å². The predicted octanol–water partition coefficient (Wildman–Crippen LogP) is 18.1. The lowest BCUT2D eigenvalue weighted by Crippen LogP contribution is -2.47. The summed E-state index contributed by atoms with van der Waals surface area (Å²) in [6, 6.07) is -0.894. The van der Waals surface area contributed by atoms with Gasteiger partial charge in [-0.25, -0.2) is 0 Å². The minimum Gasteiger partial charge on any atom is -0.756 e. The lowest BCUT2D eigenvalue weighted by atomic mass is 10.0.